The van der Waals surface area contributed by atoms with Gasteiger partial charge in [0.2, 0.25) is 0 Å². The van der Waals surface area contributed by atoms with Crippen LogP contribution in [0.2, 0.25) is 0 Å². The number of nitrogens with two attached hydrogens (primary N) is 1. The minimum Gasteiger partial charge on any atom is -0.497 e. The van der Waals surface area contributed by atoms with E-state index in [1.165, 1.54) is 13.3 Å². The molecule has 0 radical (unpaired) electrons. The Morgan fingerprint density at radius 2 is 2.10 bits per heavy atom. The Hall–Kier alpha value is -2.54. The summed E-state index contributed by atoms with van der Waals surface area (Å²) in [4.78, 5) is 16.2. The van der Waals surface area contributed by atoms with Crippen molar-refractivity contribution in [1.82, 2.24) is 4.98 Å². The topological polar surface area (TPSA) is 95.7 Å². The van der Waals surface area contributed by atoms with Gasteiger partial charge in [-0.3, -0.25) is 10.8 Å². The number of hydrogen-bond acceptors (Lipinski definition) is 7. The van der Waals surface area contributed by atoms with Gasteiger partial charge in [0.15, 0.2) is 0 Å². The van der Waals surface area contributed by atoms with Gasteiger partial charge in [-0.2, -0.15) is 0 Å². The van der Waals surface area contributed by atoms with Gasteiger partial charge >= 0.3 is 5.97 Å². The largest absolute Gasteiger partial charge is 0.497 e. The third-order valence-electron chi connectivity index (χ3n) is 3.00. The Kier molecular flexibility index (Phi) is 4.44. The summed E-state index contributed by atoms with van der Waals surface area (Å²) < 4.78 is 15.5. The van der Waals surface area contributed by atoms with E-state index in [0.717, 1.165) is 0 Å². The zero-order valence-electron chi connectivity index (χ0n) is 12.1. The average Bonchev–Trinajstić information content (AvgIpc) is 2.52. The number of hydrazine groups is 1. The van der Waals surface area contributed by atoms with E-state index in [1.807, 2.05) is 0 Å². The van der Waals surface area contributed by atoms with Gasteiger partial charge in [-0.25, -0.2) is 4.79 Å². The molecule has 0 spiro atoms. The Morgan fingerprint density at radius 1 is 1.33 bits per heavy atom. The van der Waals surface area contributed by atoms with Gasteiger partial charge < -0.3 is 19.6 Å². The number of ether oxygens (including phenoxy) is 3. The third-order valence-corrected chi connectivity index (χ3v) is 3.00. The van der Waals surface area contributed by atoms with Gasteiger partial charge in [0.1, 0.15) is 17.1 Å². The summed E-state index contributed by atoms with van der Waals surface area (Å²) in [6, 6.07) is 3.42. The van der Waals surface area contributed by atoms with Crippen LogP contribution in [0.15, 0.2) is 18.3 Å². The molecule has 21 heavy (non-hydrogen) atoms. The fraction of sp³-hybridized carbons (Fsp3) is 0.286. The monoisotopic (exact) mass is 291 g/mol. The first-order valence-electron chi connectivity index (χ1n) is 6.34. The average molecular weight is 291 g/mol. The summed E-state index contributed by atoms with van der Waals surface area (Å²) >= 11 is 0. The maximum absolute atomic E-state index is 12.0. The number of nitrogen functional groups attached to an aromatic ring is 1. The lowest BCUT2D eigenvalue weighted by atomic mass is 10.1. The second-order valence-electron chi connectivity index (χ2n) is 4.14. The van der Waals surface area contributed by atoms with E-state index in [1.54, 1.807) is 26.2 Å². The molecule has 0 unspecified atom stereocenters. The number of nitrogens with one attached hydrogen (secondary N) is 1. The highest BCUT2D eigenvalue weighted by Gasteiger charge is 2.19. The molecule has 0 aliphatic rings. The van der Waals surface area contributed by atoms with Crippen molar-refractivity contribution in [1.29, 1.82) is 0 Å². The molecule has 2 rings (SSSR count). The highest BCUT2D eigenvalue weighted by atomic mass is 16.5. The number of anilines is 1. The molecule has 0 aliphatic heterocycles. The van der Waals surface area contributed by atoms with Crippen LogP contribution in [0, 0.1) is 0 Å². The number of carbonyl (C=O) groups is 1. The normalized spacial score (nSPS) is 10.3. The molecule has 1 aromatic heterocycles. The van der Waals surface area contributed by atoms with Crippen LogP contribution in [0.5, 0.6) is 11.5 Å². The summed E-state index contributed by atoms with van der Waals surface area (Å²) in [5.41, 5.74) is 3.76. The molecule has 0 aliphatic carbocycles. The van der Waals surface area contributed by atoms with Crippen molar-refractivity contribution >= 4 is 22.6 Å². The van der Waals surface area contributed by atoms with E-state index >= 15 is 0 Å². The number of benzene rings is 1. The minimum absolute atomic E-state index is 0.246. The van der Waals surface area contributed by atoms with Crippen LogP contribution < -0.4 is 20.7 Å². The second kappa shape index (κ2) is 6.27. The highest BCUT2D eigenvalue weighted by molar-refractivity contribution is 6.07. The molecule has 112 valence electrons. The van der Waals surface area contributed by atoms with Crippen molar-refractivity contribution in [3.8, 4) is 11.5 Å². The lowest BCUT2D eigenvalue weighted by Crippen LogP contribution is -2.15. The molecule has 1 heterocycles. The number of fused-ring (bicyclic) bond motifs is 1. The van der Waals surface area contributed by atoms with Gasteiger partial charge in [-0.15, -0.1) is 0 Å². The first-order chi connectivity index (χ1) is 10.2. The van der Waals surface area contributed by atoms with Crippen LogP contribution in [0.25, 0.3) is 10.9 Å². The van der Waals surface area contributed by atoms with E-state index in [-0.39, 0.29) is 12.2 Å². The maximum atomic E-state index is 12.0. The summed E-state index contributed by atoms with van der Waals surface area (Å²) in [5, 5.41) is 0.589. The lowest BCUT2D eigenvalue weighted by molar-refractivity contribution is 0.0527. The molecule has 7 heteroatoms. The van der Waals surface area contributed by atoms with Crippen LogP contribution in [-0.4, -0.2) is 31.8 Å². The molecule has 0 fully saturated rings. The Balaban J connectivity index is 2.74. The van der Waals surface area contributed by atoms with E-state index in [0.29, 0.717) is 28.1 Å². The van der Waals surface area contributed by atoms with Gasteiger partial charge in [-0.05, 0) is 6.92 Å². The number of rotatable bonds is 5. The maximum Gasteiger partial charge on any atom is 0.341 e. The standard InChI is InChI=1S/C14H17N3O4/c1-4-21-14(18)9-7-16-10-5-8(19-2)6-11(20-3)12(10)13(9)17-15/h5-7H,4,15H2,1-3H3,(H,16,17). The predicted molar refractivity (Wildman–Crippen MR) is 78.6 cm³/mol. The zero-order chi connectivity index (χ0) is 15.4. The molecule has 1 aromatic carbocycles. The summed E-state index contributed by atoms with van der Waals surface area (Å²) in [6.45, 7) is 1.99. The van der Waals surface area contributed by atoms with Crippen molar-refractivity contribution in [3.63, 3.8) is 0 Å². The lowest BCUT2D eigenvalue weighted by Gasteiger charge is -2.14. The van der Waals surface area contributed by atoms with Crippen molar-refractivity contribution in [2.45, 2.75) is 6.92 Å². The van der Waals surface area contributed by atoms with Crippen LogP contribution in [0.4, 0.5) is 5.69 Å². The first-order valence-corrected chi connectivity index (χ1v) is 6.34. The van der Waals surface area contributed by atoms with E-state index in [4.69, 9.17) is 20.1 Å². The number of esters is 1. The summed E-state index contributed by atoms with van der Waals surface area (Å²) in [6.07, 6.45) is 1.41. The SMILES string of the molecule is CCOC(=O)c1cnc2cc(OC)cc(OC)c2c1NN. The number of nitrogens with zero attached hydrogens (tertiary/aromatic N) is 1. The van der Waals surface area contributed by atoms with Crippen molar-refractivity contribution in [2.24, 2.45) is 5.84 Å². The summed E-state index contributed by atoms with van der Waals surface area (Å²) in [5.74, 6) is 6.16. The Bertz CT molecular complexity index is 673. The quantitative estimate of drug-likeness (QED) is 0.492. The number of hydrogen-bond donors (Lipinski definition) is 2. The number of methoxy groups -OCH3 is 2. The van der Waals surface area contributed by atoms with Crippen LogP contribution >= 0.6 is 0 Å². The smallest absolute Gasteiger partial charge is 0.341 e. The predicted octanol–water partition coefficient (Wildman–Crippen LogP) is 1.71. The molecule has 0 saturated heterocycles. The number of aromatic nitrogens is 1. The molecule has 3 N–H and O–H groups in total. The molecular weight excluding hydrogens is 274 g/mol. The van der Waals surface area contributed by atoms with Gasteiger partial charge in [0.05, 0.1) is 37.4 Å². The fourth-order valence-corrected chi connectivity index (χ4v) is 2.05. The molecule has 0 amide bonds. The van der Waals surface area contributed by atoms with Crippen LogP contribution in [0.1, 0.15) is 17.3 Å². The molecule has 0 saturated carbocycles. The van der Waals surface area contributed by atoms with Gasteiger partial charge in [-0.1, -0.05) is 0 Å². The zero-order valence-corrected chi connectivity index (χ0v) is 12.1. The molecule has 7 nitrogen and oxygen atoms in total. The molecular formula is C14H17N3O4. The third kappa shape index (κ3) is 2.68. The van der Waals surface area contributed by atoms with Crippen LogP contribution in [-0.2, 0) is 4.74 Å². The number of pyridine rings is 1. The van der Waals surface area contributed by atoms with Crippen molar-refractivity contribution < 1.29 is 19.0 Å². The summed E-state index contributed by atoms with van der Waals surface area (Å²) in [7, 11) is 3.07. The van der Waals surface area contributed by atoms with Crippen molar-refractivity contribution in [3.05, 3.63) is 23.9 Å². The highest BCUT2D eigenvalue weighted by Crippen LogP contribution is 2.36. The van der Waals surface area contributed by atoms with Gasteiger partial charge in [0.25, 0.3) is 0 Å². The minimum atomic E-state index is -0.502. The van der Waals surface area contributed by atoms with Gasteiger partial charge in [0, 0.05) is 18.3 Å². The van der Waals surface area contributed by atoms with Crippen molar-refractivity contribution in [2.75, 3.05) is 26.3 Å². The van der Waals surface area contributed by atoms with E-state index in [2.05, 4.69) is 10.4 Å². The van der Waals surface area contributed by atoms with E-state index < -0.39 is 5.97 Å². The Labute approximate surface area is 122 Å². The molecule has 0 bridgehead atoms. The molecule has 2 aromatic rings. The Morgan fingerprint density at radius 3 is 2.67 bits per heavy atom. The molecule has 0 atom stereocenters. The first kappa shape index (κ1) is 14.9. The fourth-order valence-electron chi connectivity index (χ4n) is 2.05. The van der Waals surface area contributed by atoms with E-state index in [9.17, 15) is 4.79 Å². The second-order valence-corrected chi connectivity index (χ2v) is 4.14. The van der Waals surface area contributed by atoms with Crippen LogP contribution in [0.3, 0.4) is 0 Å². The number of carbonyl (C=O) groups excluding carboxylic acids is 1.